The molecule has 0 aliphatic carbocycles. The molecule has 1 amide bonds. The molecule has 2 heterocycles. The minimum atomic E-state index is -0.294. The Balaban J connectivity index is 1.74. The number of nitrogens with zero attached hydrogens (tertiary/aromatic N) is 2. The Morgan fingerprint density at radius 1 is 1.00 bits per heavy atom. The molecule has 2 aromatic carbocycles. The molecule has 0 radical (unpaired) electrons. The van der Waals surface area contributed by atoms with Crippen molar-refractivity contribution in [2.75, 3.05) is 0 Å². The smallest absolute Gasteiger partial charge is 0.253 e. The lowest BCUT2D eigenvalue weighted by atomic mass is 10.1. The molecular formula is C25H22FN3O. The van der Waals surface area contributed by atoms with Crippen LogP contribution in [-0.4, -0.2) is 15.5 Å². The zero-order valence-corrected chi connectivity index (χ0v) is 16.9. The maximum atomic E-state index is 13.5. The van der Waals surface area contributed by atoms with E-state index < -0.39 is 0 Å². The first-order valence-corrected chi connectivity index (χ1v) is 9.76. The highest BCUT2D eigenvalue weighted by atomic mass is 19.1. The topological polar surface area (TPSA) is 46.9 Å². The largest absolute Gasteiger partial charge is 0.346 e. The van der Waals surface area contributed by atoms with Crippen molar-refractivity contribution >= 4 is 5.91 Å². The van der Waals surface area contributed by atoms with E-state index in [1.807, 2.05) is 66.9 Å². The van der Waals surface area contributed by atoms with Crippen molar-refractivity contribution in [1.29, 1.82) is 0 Å². The van der Waals surface area contributed by atoms with Gasteiger partial charge in [0.1, 0.15) is 5.82 Å². The molecule has 150 valence electrons. The van der Waals surface area contributed by atoms with Gasteiger partial charge in [-0.25, -0.2) is 4.39 Å². The number of carbonyl (C=O) groups excluding carboxylic acids is 1. The van der Waals surface area contributed by atoms with Crippen LogP contribution in [0.4, 0.5) is 4.39 Å². The third-order valence-corrected chi connectivity index (χ3v) is 5.08. The monoisotopic (exact) mass is 399 g/mol. The van der Waals surface area contributed by atoms with E-state index in [1.165, 1.54) is 12.1 Å². The Labute approximate surface area is 175 Å². The second kappa shape index (κ2) is 8.33. The second-order valence-corrected chi connectivity index (χ2v) is 7.21. The number of amides is 1. The number of benzene rings is 2. The zero-order valence-electron chi connectivity index (χ0n) is 16.9. The van der Waals surface area contributed by atoms with Crippen LogP contribution < -0.4 is 5.32 Å². The van der Waals surface area contributed by atoms with Crippen molar-refractivity contribution in [2.45, 2.75) is 20.4 Å². The Bertz CT molecular complexity index is 1160. The summed E-state index contributed by atoms with van der Waals surface area (Å²) in [7, 11) is 0. The number of aromatic nitrogens is 2. The van der Waals surface area contributed by atoms with Crippen molar-refractivity contribution in [1.82, 2.24) is 14.9 Å². The summed E-state index contributed by atoms with van der Waals surface area (Å²) < 4.78 is 15.5. The third-order valence-electron chi connectivity index (χ3n) is 5.08. The minimum absolute atomic E-state index is 0.174. The average Bonchev–Trinajstić information content (AvgIpc) is 3.11. The van der Waals surface area contributed by atoms with Gasteiger partial charge in [-0.3, -0.25) is 9.78 Å². The molecule has 5 heteroatoms. The van der Waals surface area contributed by atoms with Gasteiger partial charge in [-0.15, -0.1) is 0 Å². The van der Waals surface area contributed by atoms with Crippen LogP contribution in [0, 0.1) is 19.7 Å². The van der Waals surface area contributed by atoms with Gasteiger partial charge in [-0.2, -0.15) is 0 Å². The maximum Gasteiger partial charge on any atom is 0.253 e. The number of carbonyl (C=O) groups is 1. The molecule has 0 aliphatic rings. The van der Waals surface area contributed by atoms with Gasteiger partial charge in [0.2, 0.25) is 0 Å². The van der Waals surface area contributed by atoms with E-state index in [2.05, 4.69) is 10.3 Å². The Hall–Kier alpha value is -3.73. The predicted octanol–water partition coefficient (Wildman–Crippen LogP) is 5.23. The maximum absolute atomic E-state index is 13.5. The van der Waals surface area contributed by atoms with E-state index in [4.69, 9.17) is 0 Å². The fraction of sp³-hybridized carbons (Fsp3) is 0.120. The average molecular weight is 399 g/mol. The van der Waals surface area contributed by atoms with Crippen LogP contribution in [0.25, 0.3) is 16.9 Å². The number of halogens is 1. The van der Waals surface area contributed by atoms with E-state index in [-0.39, 0.29) is 11.7 Å². The summed E-state index contributed by atoms with van der Waals surface area (Å²) >= 11 is 0. The number of hydrogen-bond donors (Lipinski definition) is 1. The molecular weight excluding hydrogens is 377 g/mol. The quantitative estimate of drug-likeness (QED) is 0.500. The molecule has 2 aromatic heterocycles. The van der Waals surface area contributed by atoms with Crippen LogP contribution in [-0.2, 0) is 6.54 Å². The van der Waals surface area contributed by atoms with Gasteiger partial charge in [-0.1, -0.05) is 23.8 Å². The van der Waals surface area contributed by atoms with Crippen molar-refractivity contribution in [3.8, 4) is 16.9 Å². The molecule has 0 atom stereocenters. The summed E-state index contributed by atoms with van der Waals surface area (Å²) in [5, 5.41) is 2.94. The number of pyridine rings is 1. The Kier molecular flexibility index (Phi) is 5.44. The van der Waals surface area contributed by atoms with Crippen molar-refractivity contribution in [3.63, 3.8) is 0 Å². The zero-order chi connectivity index (χ0) is 21.1. The summed E-state index contributed by atoms with van der Waals surface area (Å²) in [4.78, 5) is 17.2. The lowest BCUT2D eigenvalue weighted by molar-refractivity contribution is 0.0950. The van der Waals surface area contributed by atoms with Crippen LogP contribution in [0.1, 0.15) is 27.3 Å². The summed E-state index contributed by atoms with van der Waals surface area (Å²) in [6, 6.07) is 21.9. The van der Waals surface area contributed by atoms with E-state index >= 15 is 0 Å². The van der Waals surface area contributed by atoms with Crippen LogP contribution in [0.5, 0.6) is 0 Å². The molecule has 0 aliphatic heterocycles. The van der Waals surface area contributed by atoms with Crippen molar-refractivity contribution < 1.29 is 9.18 Å². The number of aryl methyl sites for hydroxylation is 1. The van der Waals surface area contributed by atoms with Gasteiger partial charge in [0.25, 0.3) is 5.91 Å². The molecule has 0 unspecified atom stereocenters. The van der Waals surface area contributed by atoms with Crippen molar-refractivity contribution in [2.24, 2.45) is 0 Å². The van der Waals surface area contributed by atoms with Crippen molar-refractivity contribution in [3.05, 3.63) is 107 Å². The van der Waals surface area contributed by atoms with E-state index in [0.29, 0.717) is 12.1 Å². The molecule has 4 aromatic rings. The van der Waals surface area contributed by atoms with E-state index in [1.54, 1.807) is 18.3 Å². The number of hydrogen-bond acceptors (Lipinski definition) is 2. The highest BCUT2D eigenvalue weighted by Gasteiger charge is 2.19. The molecule has 0 spiro atoms. The van der Waals surface area contributed by atoms with Crippen LogP contribution in [0.15, 0.2) is 79.0 Å². The molecule has 0 saturated carbocycles. The molecule has 0 bridgehead atoms. The lowest BCUT2D eigenvalue weighted by Crippen LogP contribution is -2.23. The summed E-state index contributed by atoms with van der Waals surface area (Å²) in [5.41, 5.74) is 5.95. The summed E-state index contributed by atoms with van der Waals surface area (Å²) in [6.45, 7) is 4.30. The van der Waals surface area contributed by atoms with Crippen LogP contribution >= 0.6 is 0 Å². The standard InChI is InChI=1S/C25H22FN3O/c1-17-6-12-22(13-7-17)29-18(2)23(15-24(29)19-8-10-20(26)11-9-19)25(30)28-16-21-5-3-4-14-27-21/h3-15H,16H2,1-2H3,(H,28,30). The molecule has 0 fully saturated rings. The lowest BCUT2D eigenvalue weighted by Gasteiger charge is -2.13. The van der Waals surface area contributed by atoms with E-state index in [0.717, 1.165) is 33.9 Å². The Morgan fingerprint density at radius 3 is 2.40 bits per heavy atom. The Morgan fingerprint density at radius 2 is 1.73 bits per heavy atom. The predicted molar refractivity (Wildman–Crippen MR) is 116 cm³/mol. The summed E-state index contributed by atoms with van der Waals surface area (Å²) in [6.07, 6.45) is 1.70. The van der Waals surface area contributed by atoms with Gasteiger partial charge in [-0.05, 0) is 74.0 Å². The normalized spacial score (nSPS) is 10.8. The van der Waals surface area contributed by atoms with Gasteiger partial charge in [0.05, 0.1) is 23.5 Å². The highest BCUT2D eigenvalue weighted by Crippen LogP contribution is 2.30. The molecule has 0 saturated heterocycles. The fourth-order valence-corrected chi connectivity index (χ4v) is 3.47. The number of rotatable bonds is 5. The first kappa shape index (κ1) is 19.6. The fourth-order valence-electron chi connectivity index (χ4n) is 3.47. The third kappa shape index (κ3) is 4.01. The first-order valence-electron chi connectivity index (χ1n) is 9.76. The summed E-state index contributed by atoms with van der Waals surface area (Å²) in [5.74, 6) is -0.468. The van der Waals surface area contributed by atoms with E-state index in [9.17, 15) is 9.18 Å². The molecule has 4 nitrogen and oxygen atoms in total. The molecule has 4 rings (SSSR count). The van der Waals surface area contributed by atoms with Gasteiger partial charge >= 0.3 is 0 Å². The highest BCUT2D eigenvalue weighted by molar-refractivity contribution is 5.97. The first-order chi connectivity index (χ1) is 14.5. The van der Waals surface area contributed by atoms with Crippen LogP contribution in [0.3, 0.4) is 0 Å². The number of nitrogens with one attached hydrogen (secondary N) is 1. The van der Waals surface area contributed by atoms with Crippen LogP contribution in [0.2, 0.25) is 0 Å². The van der Waals surface area contributed by atoms with Gasteiger partial charge in [0.15, 0.2) is 0 Å². The second-order valence-electron chi connectivity index (χ2n) is 7.21. The molecule has 30 heavy (non-hydrogen) atoms. The van der Waals surface area contributed by atoms with Gasteiger partial charge in [0, 0.05) is 17.6 Å². The van der Waals surface area contributed by atoms with Gasteiger partial charge < -0.3 is 9.88 Å². The minimum Gasteiger partial charge on any atom is -0.346 e. The SMILES string of the molecule is Cc1ccc(-n2c(-c3ccc(F)cc3)cc(C(=O)NCc3ccccn3)c2C)cc1. The molecule has 1 N–H and O–H groups in total.